The summed E-state index contributed by atoms with van der Waals surface area (Å²) in [7, 11) is -3.79. The largest absolute Gasteiger partial charge is 0.373 e. The van der Waals surface area contributed by atoms with Crippen LogP contribution in [0.25, 0.3) is 0 Å². The fourth-order valence-corrected chi connectivity index (χ4v) is 5.42. The number of hydrogen-bond donors (Lipinski definition) is 1. The number of sulfonamides is 1. The van der Waals surface area contributed by atoms with E-state index >= 15 is 0 Å². The lowest BCUT2D eigenvalue weighted by Gasteiger charge is -2.32. The number of rotatable bonds is 8. The average molecular weight is 449 g/mol. The normalized spacial score (nSPS) is 19.4. The first kappa shape index (κ1) is 23.4. The first-order valence-corrected chi connectivity index (χ1v) is 12.1. The van der Waals surface area contributed by atoms with E-state index in [0.717, 1.165) is 30.5 Å². The van der Waals surface area contributed by atoms with Crippen molar-refractivity contribution in [2.24, 2.45) is 5.92 Å². The van der Waals surface area contributed by atoms with Gasteiger partial charge in [-0.3, -0.25) is 4.79 Å². The maximum Gasteiger partial charge on any atom is 0.254 e. The summed E-state index contributed by atoms with van der Waals surface area (Å²) in [6.07, 6.45) is 1.61. The predicted molar refractivity (Wildman–Crippen MR) is 117 cm³/mol. The maximum absolute atomic E-state index is 14.4. The smallest absolute Gasteiger partial charge is 0.254 e. The summed E-state index contributed by atoms with van der Waals surface area (Å²) in [5.74, 6) is -1.34. The lowest BCUT2D eigenvalue weighted by atomic mass is 9.89. The van der Waals surface area contributed by atoms with E-state index in [-0.39, 0.29) is 22.5 Å². The van der Waals surface area contributed by atoms with Crippen molar-refractivity contribution < 1.29 is 22.3 Å². The molecule has 1 heterocycles. The SMILES string of the molecule is CCN(CC)S(=O)(=O)c1ccc(F)c(C(=O)NCC2CCCOC2c2ccccc2)c1. The minimum atomic E-state index is -3.79. The Balaban J connectivity index is 1.76. The van der Waals surface area contributed by atoms with Gasteiger partial charge in [0.05, 0.1) is 16.6 Å². The Morgan fingerprint density at radius 1 is 1.16 bits per heavy atom. The Kier molecular flexibility index (Phi) is 7.80. The van der Waals surface area contributed by atoms with Crippen molar-refractivity contribution >= 4 is 15.9 Å². The fraction of sp³-hybridized carbons (Fsp3) is 0.435. The molecule has 1 fully saturated rings. The lowest BCUT2D eigenvalue weighted by Crippen LogP contribution is -2.35. The molecule has 0 radical (unpaired) electrons. The molecule has 1 amide bonds. The van der Waals surface area contributed by atoms with Gasteiger partial charge in [-0.05, 0) is 36.6 Å². The Morgan fingerprint density at radius 2 is 1.87 bits per heavy atom. The summed E-state index contributed by atoms with van der Waals surface area (Å²) in [5, 5.41) is 2.78. The van der Waals surface area contributed by atoms with Gasteiger partial charge < -0.3 is 10.1 Å². The van der Waals surface area contributed by atoms with Gasteiger partial charge in [-0.1, -0.05) is 44.2 Å². The highest BCUT2D eigenvalue weighted by atomic mass is 32.2. The van der Waals surface area contributed by atoms with Crippen LogP contribution in [0, 0.1) is 11.7 Å². The van der Waals surface area contributed by atoms with E-state index in [1.807, 2.05) is 30.3 Å². The number of nitrogens with zero attached hydrogens (tertiary/aromatic N) is 1. The topological polar surface area (TPSA) is 75.7 Å². The average Bonchev–Trinajstić information content (AvgIpc) is 2.79. The van der Waals surface area contributed by atoms with E-state index in [2.05, 4.69) is 5.32 Å². The number of halogens is 1. The highest BCUT2D eigenvalue weighted by Gasteiger charge is 2.29. The van der Waals surface area contributed by atoms with E-state index in [4.69, 9.17) is 4.74 Å². The molecule has 1 aliphatic heterocycles. The Hall–Kier alpha value is -2.29. The first-order valence-electron chi connectivity index (χ1n) is 10.6. The van der Waals surface area contributed by atoms with Crippen LogP contribution in [0.4, 0.5) is 4.39 Å². The van der Waals surface area contributed by atoms with Crippen molar-refractivity contribution in [3.63, 3.8) is 0 Å². The molecule has 2 aromatic carbocycles. The van der Waals surface area contributed by atoms with Gasteiger partial charge in [0.15, 0.2) is 0 Å². The minimum Gasteiger partial charge on any atom is -0.373 e. The molecule has 31 heavy (non-hydrogen) atoms. The second kappa shape index (κ2) is 10.3. The summed E-state index contributed by atoms with van der Waals surface area (Å²) in [4.78, 5) is 12.6. The summed E-state index contributed by atoms with van der Waals surface area (Å²) in [5.41, 5.74) is 0.765. The summed E-state index contributed by atoms with van der Waals surface area (Å²) in [6, 6.07) is 13.1. The molecule has 0 spiro atoms. The Labute approximate surface area is 183 Å². The zero-order valence-corrected chi connectivity index (χ0v) is 18.7. The van der Waals surface area contributed by atoms with Crippen molar-refractivity contribution in [1.29, 1.82) is 0 Å². The number of nitrogens with one attached hydrogen (secondary N) is 1. The molecular weight excluding hydrogens is 419 g/mol. The zero-order chi connectivity index (χ0) is 22.4. The zero-order valence-electron chi connectivity index (χ0n) is 17.9. The third kappa shape index (κ3) is 5.31. The van der Waals surface area contributed by atoms with Gasteiger partial charge in [-0.15, -0.1) is 0 Å². The highest BCUT2D eigenvalue weighted by Crippen LogP contribution is 2.33. The molecule has 1 aliphatic rings. The third-order valence-electron chi connectivity index (χ3n) is 5.62. The molecule has 8 heteroatoms. The molecular formula is C23H29FN2O4S. The van der Waals surface area contributed by atoms with Crippen molar-refractivity contribution in [3.8, 4) is 0 Å². The van der Waals surface area contributed by atoms with Crippen molar-refractivity contribution in [3.05, 3.63) is 65.5 Å². The minimum absolute atomic E-state index is 0.0470. The Bertz CT molecular complexity index is 994. The van der Waals surface area contributed by atoms with Crippen LogP contribution in [-0.2, 0) is 14.8 Å². The molecule has 0 bridgehead atoms. The van der Waals surface area contributed by atoms with Gasteiger partial charge in [0.1, 0.15) is 5.82 Å². The van der Waals surface area contributed by atoms with E-state index in [0.29, 0.717) is 26.2 Å². The second-order valence-electron chi connectivity index (χ2n) is 7.55. The number of hydrogen-bond acceptors (Lipinski definition) is 4. The van der Waals surface area contributed by atoms with Gasteiger partial charge in [0, 0.05) is 32.2 Å². The van der Waals surface area contributed by atoms with Crippen LogP contribution in [-0.4, -0.2) is 44.9 Å². The van der Waals surface area contributed by atoms with Gasteiger partial charge >= 0.3 is 0 Å². The van der Waals surface area contributed by atoms with Crippen molar-refractivity contribution in [2.45, 2.75) is 37.7 Å². The molecule has 2 aromatic rings. The molecule has 0 aliphatic carbocycles. The van der Waals surface area contributed by atoms with Crippen LogP contribution in [0.1, 0.15) is 48.7 Å². The number of carbonyl (C=O) groups is 1. The molecule has 6 nitrogen and oxygen atoms in total. The van der Waals surface area contributed by atoms with Gasteiger partial charge in [0.25, 0.3) is 5.91 Å². The van der Waals surface area contributed by atoms with Gasteiger partial charge in [0.2, 0.25) is 10.0 Å². The van der Waals surface area contributed by atoms with Crippen LogP contribution in [0.5, 0.6) is 0 Å². The van der Waals surface area contributed by atoms with E-state index in [1.165, 1.54) is 10.4 Å². The van der Waals surface area contributed by atoms with Crippen LogP contribution >= 0.6 is 0 Å². The second-order valence-corrected chi connectivity index (χ2v) is 9.48. The standard InChI is InChI=1S/C23H29FN2O4S/c1-3-26(4-2)31(28,29)19-12-13-21(24)20(15-19)23(27)25-16-18-11-8-14-30-22(18)17-9-6-5-7-10-17/h5-7,9-10,12-13,15,18,22H,3-4,8,11,14,16H2,1-2H3,(H,25,27). The van der Waals surface area contributed by atoms with E-state index < -0.39 is 21.7 Å². The van der Waals surface area contributed by atoms with E-state index in [1.54, 1.807) is 13.8 Å². The van der Waals surface area contributed by atoms with Crippen LogP contribution in [0.3, 0.4) is 0 Å². The highest BCUT2D eigenvalue weighted by molar-refractivity contribution is 7.89. The Morgan fingerprint density at radius 3 is 2.55 bits per heavy atom. The van der Waals surface area contributed by atoms with Crippen molar-refractivity contribution in [1.82, 2.24) is 9.62 Å². The molecule has 1 N–H and O–H groups in total. The van der Waals surface area contributed by atoms with Gasteiger partial charge in [-0.25, -0.2) is 12.8 Å². The maximum atomic E-state index is 14.4. The summed E-state index contributed by atoms with van der Waals surface area (Å²) in [6.45, 7) is 5.01. The molecule has 1 saturated heterocycles. The van der Waals surface area contributed by atoms with Crippen molar-refractivity contribution in [2.75, 3.05) is 26.2 Å². The number of benzene rings is 2. The molecule has 3 rings (SSSR count). The van der Waals surface area contributed by atoms with E-state index in [9.17, 15) is 17.6 Å². The van der Waals surface area contributed by atoms with Crippen LogP contribution in [0.15, 0.2) is 53.4 Å². The monoisotopic (exact) mass is 448 g/mol. The van der Waals surface area contributed by atoms with Gasteiger partial charge in [-0.2, -0.15) is 4.31 Å². The molecule has 2 unspecified atom stereocenters. The first-order chi connectivity index (χ1) is 14.9. The van der Waals surface area contributed by atoms with Crippen LogP contribution < -0.4 is 5.32 Å². The molecule has 0 aromatic heterocycles. The predicted octanol–water partition coefficient (Wildman–Crippen LogP) is 3.75. The number of carbonyl (C=O) groups excluding carboxylic acids is 1. The summed E-state index contributed by atoms with van der Waals surface area (Å²) >= 11 is 0. The quantitative estimate of drug-likeness (QED) is 0.667. The summed E-state index contributed by atoms with van der Waals surface area (Å²) < 4.78 is 47.1. The molecule has 2 atom stereocenters. The lowest BCUT2D eigenvalue weighted by molar-refractivity contribution is -0.0272. The molecule has 0 saturated carbocycles. The van der Waals surface area contributed by atoms with Crippen LogP contribution in [0.2, 0.25) is 0 Å². The molecule has 168 valence electrons. The third-order valence-corrected chi connectivity index (χ3v) is 7.67. The fourth-order valence-electron chi connectivity index (χ4n) is 3.93. The number of amides is 1. The number of ether oxygens (including phenoxy) is 1.